The zero-order valence-corrected chi connectivity index (χ0v) is 11.3. The highest BCUT2D eigenvalue weighted by atomic mass is 32.2. The number of nitrogens with zero attached hydrogens (tertiary/aromatic N) is 2. The van der Waals surface area contributed by atoms with Gasteiger partial charge in [0.05, 0.1) is 0 Å². The number of amides is 1. The molecule has 0 N–H and O–H groups in total. The van der Waals surface area contributed by atoms with Crippen molar-refractivity contribution in [3.8, 4) is 0 Å². The van der Waals surface area contributed by atoms with Gasteiger partial charge >= 0.3 is 6.09 Å². The van der Waals surface area contributed by atoms with E-state index in [0.717, 1.165) is 24.9 Å². The van der Waals surface area contributed by atoms with E-state index in [2.05, 4.69) is 23.6 Å². The van der Waals surface area contributed by atoms with Crippen molar-refractivity contribution in [3.63, 3.8) is 0 Å². The molecule has 16 heavy (non-hydrogen) atoms. The van der Waals surface area contributed by atoms with Crippen LogP contribution in [0.3, 0.4) is 0 Å². The van der Waals surface area contributed by atoms with E-state index < -0.39 is 0 Å². The van der Waals surface area contributed by atoms with Gasteiger partial charge in [-0.05, 0) is 6.42 Å². The van der Waals surface area contributed by atoms with Gasteiger partial charge in [0.1, 0.15) is 6.61 Å². The Morgan fingerprint density at radius 2 is 2.31 bits per heavy atom. The van der Waals surface area contributed by atoms with Crippen molar-refractivity contribution in [2.24, 2.45) is 0 Å². The van der Waals surface area contributed by atoms with E-state index >= 15 is 0 Å². The second kappa shape index (κ2) is 7.01. The van der Waals surface area contributed by atoms with Gasteiger partial charge in [0.2, 0.25) is 0 Å². The van der Waals surface area contributed by atoms with Gasteiger partial charge < -0.3 is 9.64 Å². The summed E-state index contributed by atoms with van der Waals surface area (Å²) in [5.41, 5.74) is 0. The van der Waals surface area contributed by atoms with Gasteiger partial charge in [-0.1, -0.05) is 6.92 Å². The normalized spacial score (nSPS) is 21.8. The monoisotopic (exact) mass is 246 g/mol. The number of carbonyl (C=O) groups excluding carboxylic acids is 1. The molecule has 0 unspecified atom stereocenters. The standard InChI is InChI=1S/C11H22N2O2S/c1-4-10-9-13(6-8-16-10)5-7-15-11(14)12(2)3/h10H,4-9H2,1-3H3/t10-/m1/s1. The quantitative estimate of drug-likeness (QED) is 0.753. The fourth-order valence-electron chi connectivity index (χ4n) is 1.62. The van der Waals surface area contributed by atoms with Gasteiger partial charge in [-0.15, -0.1) is 0 Å². The van der Waals surface area contributed by atoms with E-state index in [4.69, 9.17) is 4.74 Å². The lowest BCUT2D eigenvalue weighted by Gasteiger charge is -2.31. The molecule has 0 aromatic heterocycles. The number of hydrogen-bond acceptors (Lipinski definition) is 4. The minimum atomic E-state index is -0.251. The van der Waals surface area contributed by atoms with Crippen molar-refractivity contribution in [1.82, 2.24) is 9.80 Å². The van der Waals surface area contributed by atoms with Gasteiger partial charge in [-0.25, -0.2) is 4.79 Å². The largest absolute Gasteiger partial charge is 0.448 e. The Labute approximate surface area is 102 Å². The highest BCUT2D eigenvalue weighted by Gasteiger charge is 2.18. The molecule has 0 spiro atoms. The third-order valence-electron chi connectivity index (χ3n) is 2.68. The van der Waals surface area contributed by atoms with Crippen LogP contribution in [0.15, 0.2) is 0 Å². The van der Waals surface area contributed by atoms with Gasteiger partial charge in [-0.2, -0.15) is 11.8 Å². The number of carbonyl (C=O) groups is 1. The fraction of sp³-hybridized carbons (Fsp3) is 0.909. The molecule has 94 valence electrons. The molecule has 5 heteroatoms. The van der Waals surface area contributed by atoms with Crippen molar-refractivity contribution in [3.05, 3.63) is 0 Å². The number of hydrogen-bond donors (Lipinski definition) is 0. The van der Waals surface area contributed by atoms with Crippen LogP contribution in [0.2, 0.25) is 0 Å². The second-order valence-electron chi connectivity index (χ2n) is 4.21. The molecule has 4 nitrogen and oxygen atoms in total. The van der Waals surface area contributed by atoms with E-state index in [9.17, 15) is 4.79 Å². The lowest BCUT2D eigenvalue weighted by atomic mass is 10.3. The molecule has 0 bridgehead atoms. The smallest absolute Gasteiger partial charge is 0.409 e. The van der Waals surface area contributed by atoms with E-state index in [-0.39, 0.29) is 6.09 Å². The lowest BCUT2D eigenvalue weighted by Crippen LogP contribution is -2.40. The predicted octanol–water partition coefficient (Wildman–Crippen LogP) is 1.51. The Kier molecular flexibility index (Phi) is 5.98. The third-order valence-corrected chi connectivity index (χ3v) is 4.05. The summed E-state index contributed by atoms with van der Waals surface area (Å²) in [6.45, 7) is 5.82. The van der Waals surface area contributed by atoms with E-state index in [1.807, 2.05) is 0 Å². The molecule has 1 atom stereocenters. The molecule has 0 aliphatic carbocycles. The predicted molar refractivity (Wildman–Crippen MR) is 68.0 cm³/mol. The lowest BCUT2D eigenvalue weighted by molar-refractivity contribution is 0.104. The summed E-state index contributed by atoms with van der Waals surface area (Å²) in [5, 5.41) is 0.748. The van der Waals surface area contributed by atoms with Crippen LogP contribution in [-0.4, -0.2) is 67.2 Å². The van der Waals surface area contributed by atoms with Crippen molar-refractivity contribution < 1.29 is 9.53 Å². The van der Waals surface area contributed by atoms with Crippen molar-refractivity contribution in [1.29, 1.82) is 0 Å². The molecule has 0 radical (unpaired) electrons. The SMILES string of the molecule is CC[C@@H]1CN(CCOC(=O)N(C)C)CCS1. The van der Waals surface area contributed by atoms with Gasteiger partial charge in [0.15, 0.2) is 0 Å². The Bertz CT molecular complexity index is 224. The second-order valence-corrected chi connectivity index (χ2v) is 5.62. The Morgan fingerprint density at radius 1 is 1.56 bits per heavy atom. The maximum atomic E-state index is 11.2. The maximum Gasteiger partial charge on any atom is 0.409 e. The molecule has 1 saturated heterocycles. The molecular weight excluding hydrogens is 224 g/mol. The minimum absolute atomic E-state index is 0.251. The highest BCUT2D eigenvalue weighted by Crippen LogP contribution is 2.20. The molecule has 1 aliphatic rings. The average molecular weight is 246 g/mol. The maximum absolute atomic E-state index is 11.2. The molecular formula is C11H22N2O2S. The first-order valence-electron chi connectivity index (χ1n) is 5.81. The van der Waals surface area contributed by atoms with Crippen LogP contribution in [-0.2, 0) is 4.74 Å². The number of rotatable bonds is 4. The fourth-order valence-corrected chi connectivity index (χ4v) is 2.87. The Hall–Kier alpha value is -0.420. The summed E-state index contributed by atoms with van der Waals surface area (Å²) >= 11 is 2.05. The molecule has 1 fully saturated rings. The molecule has 0 saturated carbocycles. The van der Waals surface area contributed by atoms with Crippen LogP contribution in [0, 0.1) is 0 Å². The molecule has 1 heterocycles. The first-order valence-corrected chi connectivity index (χ1v) is 6.86. The zero-order valence-electron chi connectivity index (χ0n) is 10.4. The van der Waals surface area contributed by atoms with Crippen molar-refractivity contribution in [2.45, 2.75) is 18.6 Å². The van der Waals surface area contributed by atoms with Crippen LogP contribution in [0.5, 0.6) is 0 Å². The number of ether oxygens (including phenoxy) is 1. The van der Waals surface area contributed by atoms with Gasteiger partial charge in [0.25, 0.3) is 0 Å². The van der Waals surface area contributed by atoms with Crippen LogP contribution >= 0.6 is 11.8 Å². The van der Waals surface area contributed by atoms with Gasteiger partial charge in [-0.3, -0.25) is 4.90 Å². The number of thioether (sulfide) groups is 1. The van der Waals surface area contributed by atoms with Crippen molar-refractivity contribution >= 4 is 17.9 Å². The van der Waals surface area contributed by atoms with E-state index in [1.54, 1.807) is 14.1 Å². The molecule has 1 amide bonds. The first kappa shape index (κ1) is 13.6. The molecule has 1 rings (SSSR count). The van der Waals surface area contributed by atoms with Crippen LogP contribution in [0.1, 0.15) is 13.3 Å². The first-order chi connectivity index (χ1) is 7.63. The summed E-state index contributed by atoms with van der Waals surface area (Å²) in [7, 11) is 3.40. The van der Waals surface area contributed by atoms with E-state index in [0.29, 0.717) is 6.61 Å². The van der Waals surface area contributed by atoms with Crippen LogP contribution in [0.4, 0.5) is 4.79 Å². The minimum Gasteiger partial charge on any atom is -0.448 e. The third kappa shape index (κ3) is 4.61. The summed E-state index contributed by atoms with van der Waals surface area (Å²) in [6, 6.07) is 0. The molecule has 1 aliphatic heterocycles. The molecule has 0 aromatic carbocycles. The zero-order chi connectivity index (χ0) is 12.0. The topological polar surface area (TPSA) is 32.8 Å². The van der Waals surface area contributed by atoms with E-state index in [1.165, 1.54) is 17.1 Å². The summed E-state index contributed by atoms with van der Waals surface area (Å²) in [6.07, 6.45) is 0.969. The van der Waals surface area contributed by atoms with Crippen LogP contribution < -0.4 is 0 Å². The van der Waals surface area contributed by atoms with Crippen LogP contribution in [0.25, 0.3) is 0 Å². The average Bonchev–Trinajstić information content (AvgIpc) is 2.29. The summed E-state index contributed by atoms with van der Waals surface area (Å²) in [4.78, 5) is 15.0. The summed E-state index contributed by atoms with van der Waals surface area (Å²) in [5.74, 6) is 1.19. The Morgan fingerprint density at radius 3 is 2.94 bits per heavy atom. The van der Waals surface area contributed by atoms with Crippen molar-refractivity contribution in [2.75, 3.05) is 46.1 Å². The summed E-state index contributed by atoms with van der Waals surface area (Å²) < 4.78 is 5.11. The molecule has 0 aromatic rings. The Balaban J connectivity index is 2.15. The van der Waals surface area contributed by atoms with Gasteiger partial charge in [0, 0.05) is 44.7 Å². The highest BCUT2D eigenvalue weighted by molar-refractivity contribution is 8.00.